The van der Waals surface area contributed by atoms with E-state index in [9.17, 15) is 4.79 Å². The number of nitrogens with one attached hydrogen (secondary N) is 1. The molecule has 8 nitrogen and oxygen atoms in total. The van der Waals surface area contributed by atoms with Gasteiger partial charge < -0.3 is 31.2 Å². The molecule has 0 saturated heterocycles. The highest BCUT2D eigenvalue weighted by molar-refractivity contribution is 7.80. The Bertz CT molecular complexity index is 673. The number of amides is 1. The Hall–Kier alpha value is -2.55. The first-order chi connectivity index (χ1) is 11.5. The third-order valence-corrected chi connectivity index (χ3v) is 3.87. The molecule has 0 fully saturated rings. The van der Waals surface area contributed by atoms with E-state index < -0.39 is 5.50 Å². The van der Waals surface area contributed by atoms with Crippen molar-refractivity contribution in [2.45, 2.75) is 5.50 Å². The van der Waals surface area contributed by atoms with Crippen molar-refractivity contribution in [2.24, 2.45) is 16.5 Å². The molecule has 1 atom stereocenters. The first-order valence-corrected chi connectivity index (χ1v) is 7.72. The highest BCUT2D eigenvalue weighted by Crippen LogP contribution is 2.34. The third kappa shape index (κ3) is 4.05. The van der Waals surface area contributed by atoms with Crippen LogP contribution >= 0.6 is 12.6 Å². The van der Waals surface area contributed by atoms with Crippen molar-refractivity contribution in [2.75, 3.05) is 27.3 Å². The average Bonchev–Trinajstić information content (AvgIpc) is 2.55. The van der Waals surface area contributed by atoms with Gasteiger partial charge >= 0.3 is 0 Å². The quantitative estimate of drug-likeness (QED) is 0.325. The third-order valence-electron chi connectivity index (χ3n) is 3.46. The maximum absolute atomic E-state index is 11.9. The maximum atomic E-state index is 11.9. The molecule has 1 amide bonds. The van der Waals surface area contributed by atoms with Crippen LogP contribution in [0.4, 0.5) is 0 Å². The van der Waals surface area contributed by atoms with Gasteiger partial charge in [-0.25, -0.2) is 0 Å². The minimum atomic E-state index is -0.501. The first kappa shape index (κ1) is 17.8. The predicted molar refractivity (Wildman–Crippen MR) is 95.8 cm³/mol. The lowest BCUT2D eigenvalue weighted by Crippen LogP contribution is -2.48. The SMILES string of the molecule is COc1ccc(C2=CC(=O)NC(S)N2CCN=C(N)N)c(OC)c1. The lowest BCUT2D eigenvalue weighted by molar-refractivity contribution is -0.117. The fraction of sp³-hybridized carbons (Fsp3) is 0.333. The zero-order chi connectivity index (χ0) is 17.7. The van der Waals surface area contributed by atoms with Crippen LogP contribution in [0, 0.1) is 0 Å². The van der Waals surface area contributed by atoms with Crippen LogP contribution in [0.5, 0.6) is 11.5 Å². The van der Waals surface area contributed by atoms with Gasteiger partial charge in [-0.3, -0.25) is 9.79 Å². The van der Waals surface area contributed by atoms with Crippen LogP contribution in [0.15, 0.2) is 29.3 Å². The van der Waals surface area contributed by atoms with Crippen LogP contribution in [-0.4, -0.2) is 49.6 Å². The van der Waals surface area contributed by atoms with Crippen molar-refractivity contribution in [3.8, 4) is 11.5 Å². The summed E-state index contributed by atoms with van der Waals surface area (Å²) in [6, 6.07) is 5.38. The van der Waals surface area contributed by atoms with Gasteiger partial charge in [0, 0.05) is 24.3 Å². The van der Waals surface area contributed by atoms with Gasteiger partial charge in [-0.15, -0.1) is 12.6 Å². The number of carbonyl (C=O) groups is 1. The molecule has 1 aliphatic rings. The first-order valence-electron chi connectivity index (χ1n) is 7.21. The van der Waals surface area contributed by atoms with Gasteiger partial charge in [0.25, 0.3) is 0 Å². The normalized spacial score (nSPS) is 17.0. The summed E-state index contributed by atoms with van der Waals surface area (Å²) in [5.41, 5.74) is 11.6. The topological polar surface area (TPSA) is 115 Å². The van der Waals surface area contributed by atoms with Crippen LogP contribution in [0.25, 0.3) is 5.70 Å². The number of aliphatic imine (C=N–C) groups is 1. The van der Waals surface area contributed by atoms with E-state index in [-0.39, 0.29) is 11.9 Å². The Morgan fingerprint density at radius 1 is 1.38 bits per heavy atom. The van der Waals surface area contributed by atoms with Crippen molar-refractivity contribution >= 4 is 30.2 Å². The molecule has 1 aromatic rings. The number of methoxy groups -OCH3 is 2. The summed E-state index contributed by atoms with van der Waals surface area (Å²) >= 11 is 4.43. The summed E-state index contributed by atoms with van der Waals surface area (Å²) < 4.78 is 10.6. The van der Waals surface area contributed by atoms with Crippen LogP contribution in [-0.2, 0) is 4.79 Å². The molecule has 1 aromatic carbocycles. The van der Waals surface area contributed by atoms with Gasteiger partial charge in [-0.2, -0.15) is 0 Å². The highest BCUT2D eigenvalue weighted by atomic mass is 32.1. The minimum Gasteiger partial charge on any atom is -0.497 e. The Labute approximate surface area is 145 Å². The van der Waals surface area contributed by atoms with Crippen LogP contribution in [0.3, 0.4) is 0 Å². The summed E-state index contributed by atoms with van der Waals surface area (Å²) in [5.74, 6) is 1.02. The summed E-state index contributed by atoms with van der Waals surface area (Å²) in [4.78, 5) is 17.8. The molecule has 5 N–H and O–H groups in total. The Morgan fingerprint density at radius 2 is 2.12 bits per heavy atom. The van der Waals surface area contributed by atoms with Gasteiger partial charge in [0.05, 0.1) is 26.5 Å². The molecule has 1 unspecified atom stereocenters. The minimum absolute atomic E-state index is 0.0133. The molecule has 24 heavy (non-hydrogen) atoms. The Morgan fingerprint density at radius 3 is 2.75 bits per heavy atom. The van der Waals surface area contributed by atoms with Crippen molar-refractivity contribution in [3.05, 3.63) is 29.8 Å². The number of benzene rings is 1. The molecule has 1 aliphatic heterocycles. The number of ether oxygens (including phenoxy) is 2. The summed E-state index contributed by atoms with van der Waals surface area (Å²) in [6.07, 6.45) is 1.49. The summed E-state index contributed by atoms with van der Waals surface area (Å²) in [5, 5.41) is 2.73. The van der Waals surface area contributed by atoms with Gasteiger partial charge in [-0.1, -0.05) is 0 Å². The molecule has 130 valence electrons. The zero-order valence-corrected chi connectivity index (χ0v) is 14.4. The highest BCUT2D eigenvalue weighted by Gasteiger charge is 2.27. The molecule has 0 bridgehead atoms. The molecule has 2 rings (SSSR count). The van der Waals surface area contributed by atoms with E-state index in [1.807, 2.05) is 11.0 Å². The number of guanidine groups is 1. The number of rotatable bonds is 6. The molecule has 0 radical (unpaired) electrons. The van der Waals surface area contributed by atoms with Gasteiger partial charge in [-0.05, 0) is 12.1 Å². The molecule has 0 spiro atoms. The maximum Gasteiger partial charge on any atom is 0.248 e. The molecule has 1 heterocycles. The van der Waals surface area contributed by atoms with Crippen LogP contribution in [0.1, 0.15) is 5.56 Å². The fourth-order valence-electron chi connectivity index (χ4n) is 2.36. The fourth-order valence-corrected chi connectivity index (χ4v) is 2.72. The number of carbonyl (C=O) groups excluding carboxylic acids is 1. The average molecular weight is 351 g/mol. The molecule has 9 heteroatoms. The van der Waals surface area contributed by atoms with Gasteiger partial charge in [0.1, 0.15) is 17.0 Å². The van der Waals surface area contributed by atoms with Crippen LogP contribution in [0.2, 0.25) is 0 Å². The number of nitrogens with zero attached hydrogens (tertiary/aromatic N) is 2. The van der Waals surface area contributed by atoms with Crippen molar-refractivity contribution in [1.29, 1.82) is 0 Å². The molecule has 0 aliphatic carbocycles. The van der Waals surface area contributed by atoms with Gasteiger partial charge in [0.2, 0.25) is 5.91 Å². The number of hydrogen-bond donors (Lipinski definition) is 4. The second kappa shape index (κ2) is 7.82. The monoisotopic (exact) mass is 351 g/mol. The Balaban J connectivity index is 2.39. The van der Waals surface area contributed by atoms with E-state index in [0.29, 0.717) is 30.3 Å². The number of nitrogens with two attached hydrogens (primary N) is 2. The van der Waals surface area contributed by atoms with E-state index in [4.69, 9.17) is 20.9 Å². The largest absolute Gasteiger partial charge is 0.497 e. The smallest absolute Gasteiger partial charge is 0.248 e. The van der Waals surface area contributed by atoms with E-state index >= 15 is 0 Å². The van der Waals surface area contributed by atoms with Crippen molar-refractivity contribution in [3.63, 3.8) is 0 Å². The van der Waals surface area contributed by atoms with Crippen molar-refractivity contribution in [1.82, 2.24) is 10.2 Å². The van der Waals surface area contributed by atoms with Crippen LogP contribution < -0.4 is 26.3 Å². The van der Waals surface area contributed by atoms with Crippen molar-refractivity contribution < 1.29 is 14.3 Å². The summed E-state index contributed by atoms with van der Waals surface area (Å²) in [6.45, 7) is 0.832. The van der Waals surface area contributed by atoms with E-state index in [0.717, 1.165) is 5.56 Å². The second-order valence-electron chi connectivity index (χ2n) is 4.98. The molecular weight excluding hydrogens is 330 g/mol. The van der Waals surface area contributed by atoms with E-state index in [1.54, 1.807) is 26.4 Å². The Kier molecular flexibility index (Phi) is 5.80. The number of thiol groups is 1. The molecular formula is C15H21N5O3S. The lowest BCUT2D eigenvalue weighted by atomic mass is 10.1. The van der Waals surface area contributed by atoms with Gasteiger partial charge in [0.15, 0.2) is 5.96 Å². The standard InChI is InChI=1S/C15H21N5O3S/c1-22-9-3-4-10(12(7-9)23-2)11-8-13(21)19-15(24)20(11)6-5-18-14(16)17/h3-4,7-8,15,24H,5-6H2,1-2H3,(H,19,21)(H4,16,17,18). The molecule has 0 saturated carbocycles. The number of hydrogen-bond acceptors (Lipinski definition) is 6. The second-order valence-corrected chi connectivity index (χ2v) is 5.47. The lowest BCUT2D eigenvalue weighted by Gasteiger charge is -2.36. The van der Waals surface area contributed by atoms with E-state index in [2.05, 4.69) is 22.9 Å². The molecule has 0 aromatic heterocycles. The predicted octanol–water partition coefficient (Wildman–Crippen LogP) is -0.0367. The van der Waals surface area contributed by atoms with E-state index in [1.165, 1.54) is 6.08 Å². The summed E-state index contributed by atoms with van der Waals surface area (Å²) in [7, 11) is 3.14. The zero-order valence-electron chi connectivity index (χ0n) is 13.5.